The predicted molar refractivity (Wildman–Crippen MR) is 90.0 cm³/mol. The number of rotatable bonds is 5. The van der Waals surface area contributed by atoms with Gasteiger partial charge in [-0.3, -0.25) is 4.72 Å². The standard InChI is InChI=1S/C14H12ClFN2O3S2/c15-11-3-1-10(2-4-11)7-8-23(20,21)18-13-6-5-12(16)9-14(13)22(17)19/h1-9,18H,17H2/b8-7+. The van der Waals surface area contributed by atoms with Crippen molar-refractivity contribution in [2.45, 2.75) is 4.90 Å². The summed E-state index contributed by atoms with van der Waals surface area (Å²) < 4.78 is 50.8. The number of nitrogens with two attached hydrogens (primary N) is 1. The second-order valence-corrected chi connectivity index (χ2v) is 7.48. The molecule has 3 N–H and O–H groups in total. The van der Waals surface area contributed by atoms with Crippen LogP contribution in [0.25, 0.3) is 6.08 Å². The number of hydrogen-bond acceptors (Lipinski definition) is 3. The summed E-state index contributed by atoms with van der Waals surface area (Å²) >= 11 is 5.74. The molecule has 0 aliphatic heterocycles. The van der Waals surface area contributed by atoms with Crippen molar-refractivity contribution in [1.82, 2.24) is 0 Å². The maximum Gasteiger partial charge on any atom is 0.255 e. The van der Waals surface area contributed by atoms with Crippen LogP contribution in [0.4, 0.5) is 10.1 Å². The second kappa shape index (κ2) is 7.22. The molecule has 0 aliphatic rings. The molecule has 0 heterocycles. The summed E-state index contributed by atoms with van der Waals surface area (Å²) in [6, 6.07) is 9.64. The van der Waals surface area contributed by atoms with E-state index in [4.69, 9.17) is 16.7 Å². The highest BCUT2D eigenvalue weighted by atomic mass is 35.5. The van der Waals surface area contributed by atoms with Gasteiger partial charge in [0.25, 0.3) is 10.0 Å². The molecule has 2 aromatic carbocycles. The van der Waals surface area contributed by atoms with E-state index in [0.717, 1.165) is 23.6 Å². The molecular formula is C14H12ClFN2O3S2. The van der Waals surface area contributed by atoms with Crippen molar-refractivity contribution in [3.05, 3.63) is 64.3 Å². The highest BCUT2D eigenvalue weighted by Crippen LogP contribution is 2.21. The minimum absolute atomic E-state index is 0.0482. The predicted octanol–water partition coefficient (Wildman–Crippen LogP) is 2.87. The van der Waals surface area contributed by atoms with Gasteiger partial charge in [-0.15, -0.1) is 0 Å². The molecule has 23 heavy (non-hydrogen) atoms. The van der Waals surface area contributed by atoms with Crippen molar-refractivity contribution in [2.24, 2.45) is 5.14 Å². The van der Waals surface area contributed by atoms with Gasteiger partial charge in [-0.05, 0) is 42.0 Å². The van der Waals surface area contributed by atoms with Gasteiger partial charge in [0.05, 0.1) is 16.0 Å². The van der Waals surface area contributed by atoms with Crippen molar-refractivity contribution in [3.63, 3.8) is 0 Å². The molecule has 2 rings (SSSR count). The zero-order valence-electron chi connectivity index (χ0n) is 11.6. The molecular weight excluding hydrogens is 363 g/mol. The maximum absolute atomic E-state index is 13.2. The van der Waals surface area contributed by atoms with Gasteiger partial charge in [0, 0.05) is 5.02 Å². The van der Waals surface area contributed by atoms with Gasteiger partial charge in [0.1, 0.15) is 16.8 Å². The SMILES string of the molecule is NS(=O)c1cc(F)ccc1NS(=O)(=O)/C=C/c1ccc(Cl)cc1. The van der Waals surface area contributed by atoms with Crippen LogP contribution < -0.4 is 9.86 Å². The second-order valence-electron chi connectivity index (χ2n) is 4.44. The van der Waals surface area contributed by atoms with Crippen LogP contribution in [-0.4, -0.2) is 12.6 Å². The van der Waals surface area contributed by atoms with Gasteiger partial charge in [0.2, 0.25) is 0 Å². The van der Waals surface area contributed by atoms with Crippen molar-refractivity contribution in [3.8, 4) is 0 Å². The summed E-state index contributed by atoms with van der Waals surface area (Å²) in [4.78, 5) is -0.145. The average molecular weight is 375 g/mol. The van der Waals surface area contributed by atoms with Crippen LogP contribution in [0.2, 0.25) is 5.02 Å². The molecule has 1 unspecified atom stereocenters. The van der Waals surface area contributed by atoms with Crippen LogP contribution in [-0.2, 0) is 21.0 Å². The molecule has 0 aromatic heterocycles. The fraction of sp³-hybridized carbons (Fsp3) is 0. The first-order valence-corrected chi connectivity index (χ1v) is 9.33. The van der Waals surface area contributed by atoms with Gasteiger partial charge in [-0.2, -0.15) is 0 Å². The van der Waals surface area contributed by atoms with Gasteiger partial charge < -0.3 is 0 Å². The zero-order valence-corrected chi connectivity index (χ0v) is 14.0. The Morgan fingerprint density at radius 2 is 1.83 bits per heavy atom. The summed E-state index contributed by atoms with van der Waals surface area (Å²) in [5, 5.41) is 6.69. The quantitative estimate of drug-likeness (QED) is 0.843. The third kappa shape index (κ3) is 5.14. The van der Waals surface area contributed by atoms with Crippen molar-refractivity contribution in [1.29, 1.82) is 0 Å². The number of anilines is 1. The number of sulfonamides is 1. The summed E-state index contributed by atoms with van der Waals surface area (Å²) in [7, 11) is -5.92. The lowest BCUT2D eigenvalue weighted by Crippen LogP contribution is -2.13. The number of benzene rings is 2. The van der Waals surface area contributed by atoms with Crippen LogP contribution in [0.5, 0.6) is 0 Å². The molecule has 5 nitrogen and oxygen atoms in total. The van der Waals surface area contributed by atoms with E-state index in [9.17, 15) is 17.0 Å². The number of halogens is 2. The van der Waals surface area contributed by atoms with E-state index in [2.05, 4.69) is 4.72 Å². The van der Waals surface area contributed by atoms with Gasteiger partial charge in [-0.1, -0.05) is 23.7 Å². The molecule has 1 atom stereocenters. The van der Waals surface area contributed by atoms with E-state index >= 15 is 0 Å². The first-order chi connectivity index (χ1) is 10.8. The normalized spacial score (nSPS) is 13.2. The Morgan fingerprint density at radius 1 is 1.17 bits per heavy atom. The van der Waals surface area contributed by atoms with E-state index in [1.165, 1.54) is 6.08 Å². The van der Waals surface area contributed by atoms with Crippen LogP contribution in [0.15, 0.2) is 52.8 Å². The zero-order chi connectivity index (χ0) is 17.0. The Kier molecular flexibility index (Phi) is 5.53. The van der Waals surface area contributed by atoms with Crippen LogP contribution in [0, 0.1) is 5.82 Å². The molecule has 0 fully saturated rings. The Balaban J connectivity index is 2.25. The highest BCUT2D eigenvalue weighted by molar-refractivity contribution is 7.95. The summed E-state index contributed by atoms with van der Waals surface area (Å²) in [5.41, 5.74) is 0.578. The molecule has 0 saturated carbocycles. The smallest absolute Gasteiger partial charge is 0.255 e. The first-order valence-electron chi connectivity index (χ1n) is 6.19. The molecule has 0 spiro atoms. The third-order valence-electron chi connectivity index (χ3n) is 2.72. The van der Waals surface area contributed by atoms with Crippen LogP contribution >= 0.6 is 11.6 Å². The molecule has 9 heteroatoms. The van der Waals surface area contributed by atoms with Gasteiger partial charge in [-0.25, -0.2) is 22.2 Å². The Morgan fingerprint density at radius 3 is 2.43 bits per heavy atom. The maximum atomic E-state index is 13.2. The fourth-order valence-corrected chi connectivity index (χ4v) is 3.32. The largest absolute Gasteiger partial charge is 0.279 e. The molecule has 2 aromatic rings. The van der Waals surface area contributed by atoms with E-state index in [-0.39, 0.29) is 10.6 Å². The van der Waals surface area contributed by atoms with Crippen molar-refractivity contribution in [2.75, 3.05) is 4.72 Å². The Hall–Kier alpha value is -1.74. The van der Waals surface area contributed by atoms with E-state index in [1.54, 1.807) is 24.3 Å². The number of hydrogen-bond donors (Lipinski definition) is 2. The molecule has 0 saturated heterocycles. The van der Waals surface area contributed by atoms with Gasteiger partial charge >= 0.3 is 0 Å². The Bertz CT molecular complexity index is 868. The fourth-order valence-electron chi connectivity index (χ4n) is 1.68. The lowest BCUT2D eigenvalue weighted by atomic mass is 10.2. The van der Waals surface area contributed by atoms with Gasteiger partial charge in [0.15, 0.2) is 0 Å². The first kappa shape index (κ1) is 17.6. The molecule has 0 radical (unpaired) electrons. The average Bonchev–Trinajstić information content (AvgIpc) is 2.48. The third-order valence-corrected chi connectivity index (χ3v) is 4.74. The van der Waals surface area contributed by atoms with Crippen LogP contribution in [0.1, 0.15) is 5.56 Å². The van der Waals surface area contributed by atoms with Crippen molar-refractivity contribution < 1.29 is 17.0 Å². The van der Waals surface area contributed by atoms with E-state index in [0.29, 0.717) is 10.6 Å². The molecule has 0 amide bonds. The molecule has 0 aliphatic carbocycles. The highest BCUT2D eigenvalue weighted by Gasteiger charge is 2.13. The summed E-state index contributed by atoms with van der Waals surface area (Å²) in [6.45, 7) is 0. The van der Waals surface area contributed by atoms with E-state index < -0.39 is 26.8 Å². The topological polar surface area (TPSA) is 89.3 Å². The monoisotopic (exact) mass is 374 g/mol. The summed E-state index contributed by atoms with van der Waals surface area (Å²) in [5.74, 6) is -0.668. The number of nitrogens with one attached hydrogen (secondary N) is 1. The molecule has 0 bridgehead atoms. The Labute approximate surface area is 140 Å². The lowest BCUT2D eigenvalue weighted by molar-refractivity contribution is 0.608. The van der Waals surface area contributed by atoms with Crippen molar-refractivity contribution >= 4 is 44.4 Å². The van der Waals surface area contributed by atoms with Crippen LogP contribution in [0.3, 0.4) is 0 Å². The lowest BCUT2D eigenvalue weighted by Gasteiger charge is -2.08. The minimum Gasteiger partial charge on any atom is -0.279 e. The molecule has 122 valence electrons. The summed E-state index contributed by atoms with van der Waals surface area (Å²) in [6.07, 6.45) is 1.36. The van der Waals surface area contributed by atoms with E-state index in [1.807, 2.05) is 0 Å². The minimum atomic E-state index is -3.89.